The lowest BCUT2D eigenvalue weighted by molar-refractivity contribution is -0.116. The first-order chi connectivity index (χ1) is 11.6. The highest BCUT2D eigenvalue weighted by Gasteiger charge is 2.24. The van der Waals surface area contributed by atoms with E-state index in [1.807, 2.05) is 0 Å². The summed E-state index contributed by atoms with van der Waals surface area (Å²) in [6, 6.07) is 8.63. The number of nitrogens with one attached hydrogen (secondary N) is 1. The summed E-state index contributed by atoms with van der Waals surface area (Å²) in [6.45, 7) is -0.440. The fourth-order valence-electron chi connectivity index (χ4n) is 1.90. The zero-order chi connectivity index (χ0) is 18.8. The second-order valence-corrected chi connectivity index (χ2v) is 8.66. The van der Waals surface area contributed by atoms with Gasteiger partial charge in [0.25, 0.3) is 0 Å². The van der Waals surface area contributed by atoms with Crippen molar-refractivity contribution in [3.63, 3.8) is 0 Å². The standard InChI is InChI=1S/C15H12Cl4N2O3S/c1-21(25(23,24)9-5-6-10(16)13(19)7-9)8-14(22)20-15-11(17)3-2-4-12(15)18/h2-7H,8H2,1H3,(H,20,22). The highest BCUT2D eigenvalue weighted by atomic mass is 35.5. The Morgan fingerprint density at radius 1 is 1.00 bits per heavy atom. The third-order valence-electron chi connectivity index (χ3n) is 3.19. The minimum atomic E-state index is -3.92. The lowest BCUT2D eigenvalue weighted by Crippen LogP contribution is -2.35. The first-order valence-electron chi connectivity index (χ1n) is 6.78. The molecule has 1 N–H and O–H groups in total. The van der Waals surface area contributed by atoms with Crippen LogP contribution in [0.2, 0.25) is 20.1 Å². The Morgan fingerprint density at radius 2 is 1.60 bits per heavy atom. The van der Waals surface area contributed by atoms with Crippen LogP contribution in [-0.2, 0) is 14.8 Å². The molecule has 0 aliphatic heterocycles. The molecule has 134 valence electrons. The molecule has 0 radical (unpaired) electrons. The summed E-state index contributed by atoms with van der Waals surface area (Å²) in [5.41, 5.74) is 0.219. The Kier molecular flexibility index (Phi) is 6.59. The van der Waals surface area contributed by atoms with Crippen molar-refractivity contribution in [2.24, 2.45) is 0 Å². The van der Waals surface area contributed by atoms with E-state index in [0.717, 1.165) is 4.31 Å². The van der Waals surface area contributed by atoms with Gasteiger partial charge in [0.15, 0.2) is 0 Å². The van der Waals surface area contributed by atoms with E-state index in [2.05, 4.69) is 5.32 Å². The van der Waals surface area contributed by atoms with E-state index in [9.17, 15) is 13.2 Å². The number of nitrogens with zero attached hydrogens (tertiary/aromatic N) is 1. The van der Waals surface area contributed by atoms with Gasteiger partial charge in [0.2, 0.25) is 15.9 Å². The van der Waals surface area contributed by atoms with Crippen LogP contribution in [0.5, 0.6) is 0 Å². The molecule has 0 saturated carbocycles. The van der Waals surface area contributed by atoms with Crippen molar-refractivity contribution in [2.45, 2.75) is 4.90 Å². The molecular formula is C15H12Cl4N2O3S. The Balaban J connectivity index is 2.16. The van der Waals surface area contributed by atoms with Crippen molar-refractivity contribution in [1.82, 2.24) is 4.31 Å². The maximum atomic E-state index is 12.5. The van der Waals surface area contributed by atoms with Gasteiger partial charge in [-0.05, 0) is 30.3 Å². The van der Waals surface area contributed by atoms with Crippen molar-refractivity contribution >= 4 is 68.0 Å². The number of benzene rings is 2. The summed E-state index contributed by atoms with van der Waals surface area (Å²) in [7, 11) is -2.65. The molecule has 0 atom stereocenters. The normalized spacial score (nSPS) is 11.6. The molecule has 0 heterocycles. The molecule has 0 spiro atoms. The number of carbonyl (C=O) groups excluding carboxylic acids is 1. The maximum Gasteiger partial charge on any atom is 0.243 e. The van der Waals surface area contributed by atoms with Gasteiger partial charge in [-0.2, -0.15) is 4.31 Å². The average Bonchev–Trinajstić information content (AvgIpc) is 2.53. The molecule has 5 nitrogen and oxygen atoms in total. The molecule has 10 heteroatoms. The summed E-state index contributed by atoms with van der Waals surface area (Å²) in [6.07, 6.45) is 0. The Hall–Kier alpha value is -1.02. The summed E-state index contributed by atoms with van der Waals surface area (Å²) in [4.78, 5) is 12.1. The number of likely N-dealkylation sites (N-methyl/N-ethyl adjacent to an activating group) is 1. The van der Waals surface area contributed by atoms with Gasteiger partial charge < -0.3 is 5.32 Å². The first-order valence-corrected chi connectivity index (χ1v) is 9.73. The number of para-hydroxylation sites is 1. The van der Waals surface area contributed by atoms with Crippen molar-refractivity contribution in [3.05, 3.63) is 56.5 Å². The summed E-state index contributed by atoms with van der Waals surface area (Å²) in [5.74, 6) is -0.596. The van der Waals surface area contributed by atoms with Gasteiger partial charge >= 0.3 is 0 Å². The van der Waals surface area contributed by atoms with Crippen LogP contribution < -0.4 is 5.32 Å². The van der Waals surface area contributed by atoms with Crippen LogP contribution in [-0.4, -0.2) is 32.2 Å². The van der Waals surface area contributed by atoms with Crippen LogP contribution in [0, 0.1) is 0 Å². The SMILES string of the molecule is CN(CC(=O)Nc1c(Cl)cccc1Cl)S(=O)(=O)c1ccc(Cl)c(Cl)c1. The van der Waals surface area contributed by atoms with E-state index in [-0.39, 0.29) is 30.7 Å². The fourth-order valence-corrected chi connectivity index (χ4v) is 3.91. The Bertz CT molecular complexity index is 899. The molecule has 0 saturated heterocycles. The van der Waals surface area contributed by atoms with E-state index in [1.165, 1.54) is 25.2 Å². The molecule has 2 aromatic carbocycles. The van der Waals surface area contributed by atoms with Gasteiger partial charge in [-0.25, -0.2) is 8.42 Å². The van der Waals surface area contributed by atoms with Crippen molar-refractivity contribution in [1.29, 1.82) is 0 Å². The monoisotopic (exact) mass is 440 g/mol. The van der Waals surface area contributed by atoms with Gasteiger partial charge in [0.05, 0.1) is 37.2 Å². The Labute approximate surface area is 165 Å². The number of hydrogen-bond acceptors (Lipinski definition) is 3. The van der Waals surface area contributed by atoms with Crippen LogP contribution in [0.4, 0.5) is 5.69 Å². The topological polar surface area (TPSA) is 66.5 Å². The molecular weight excluding hydrogens is 430 g/mol. The van der Waals surface area contributed by atoms with E-state index in [1.54, 1.807) is 18.2 Å². The molecule has 0 bridgehead atoms. The predicted octanol–water partition coefficient (Wildman–Crippen LogP) is 4.56. The lowest BCUT2D eigenvalue weighted by atomic mass is 10.3. The minimum absolute atomic E-state index is 0.0759. The molecule has 2 aromatic rings. The number of hydrogen-bond donors (Lipinski definition) is 1. The number of halogens is 4. The predicted molar refractivity (Wildman–Crippen MR) is 101 cm³/mol. The second-order valence-electron chi connectivity index (χ2n) is 4.98. The fraction of sp³-hybridized carbons (Fsp3) is 0.133. The number of rotatable bonds is 5. The van der Waals surface area contributed by atoms with E-state index >= 15 is 0 Å². The number of carbonyl (C=O) groups is 1. The van der Waals surface area contributed by atoms with Gasteiger partial charge in [-0.15, -0.1) is 0 Å². The van der Waals surface area contributed by atoms with Gasteiger partial charge in [0.1, 0.15) is 0 Å². The van der Waals surface area contributed by atoms with Gasteiger partial charge in [-0.3, -0.25) is 4.79 Å². The third-order valence-corrected chi connectivity index (χ3v) is 6.36. The first kappa shape index (κ1) is 20.3. The number of anilines is 1. The average molecular weight is 442 g/mol. The molecule has 0 aromatic heterocycles. The Morgan fingerprint density at radius 3 is 2.16 bits per heavy atom. The van der Waals surface area contributed by atoms with Crippen LogP contribution in [0.15, 0.2) is 41.3 Å². The second kappa shape index (κ2) is 8.12. The van der Waals surface area contributed by atoms with Crippen molar-refractivity contribution in [3.8, 4) is 0 Å². The molecule has 0 unspecified atom stereocenters. The zero-order valence-corrected chi connectivity index (χ0v) is 16.6. The highest BCUT2D eigenvalue weighted by Crippen LogP contribution is 2.30. The number of amides is 1. The number of sulfonamides is 1. The van der Waals surface area contributed by atoms with E-state index < -0.39 is 22.5 Å². The smallest absolute Gasteiger partial charge is 0.243 e. The molecule has 0 aliphatic carbocycles. The van der Waals surface area contributed by atoms with Crippen LogP contribution in [0.25, 0.3) is 0 Å². The van der Waals surface area contributed by atoms with Crippen molar-refractivity contribution in [2.75, 3.05) is 18.9 Å². The van der Waals surface area contributed by atoms with E-state index in [0.29, 0.717) is 0 Å². The molecule has 1 amide bonds. The largest absolute Gasteiger partial charge is 0.322 e. The summed E-state index contributed by atoms with van der Waals surface area (Å²) < 4.78 is 25.9. The van der Waals surface area contributed by atoms with Crippen LogP contribution in [0.1, 0.15) is 0 Å². The minimum Gasteiger partial charge on any atom is -0.322 e. The molecule has 0 fully saturated rings. The summed E-state index contributed by atoms with van der Waals surface area (Å²) in [5, 5.41) is 3.32. The molecule has 25 heavy (non-hydrogen) atoms. The van der Waals surface area contributed by atoms with Gasteiger partial charge in [-0.1, -0.05) is 52.5 Å². The zero-order valence-electron chi connectivity index (χ0n) is 12.8. The van der Waals surface area contributed by atoms with Crippen LogP contribution >= 0.6 is 46.4 Å². The third kappa shape index (κ3) is 4.78. The summed E-state index contributed by atoms with van der Waals surface area (Å²) >= 11 is 23.6. The van der Waals surface area contributed by atoms with E-state index in [4.69, 9.17) is 46.4 Å². The molecule has 2 rings (SSSR count). The quantitative estimate of drug-likeness (QED) is 0.739. The maximum absolute atomic E-state index is 12.5. The lowest BCUT2D eigenvalue weighted by Gasteiger charge is -2.18. The van der Waals surface area contributed by atoms with Gasteiger partial charge in [0, 0.05) is 7.05 Å². The van der Waals surface area contributed by atoms with Crippen molar-refractivity contribution < 1.29 is 13.2 Å². The molecule has 0 aliphatic rings. The highest BCUT2D eigenvalue weighted by molar-refractivity contribution is 7.89. The van der Waals surface area contributed by atoms with Crippen LogP contribution in [0.3, 0.4) is 0 Å².